The van der Waals surface area contributed by atoms with Gasteiger partial charge in [-0.3, -0.25) is 4.99 Å². The predicted molar refractivity (Wildman–Crippen MR) is 104 cm³/mol. The molecule has 3 nitrogen and oxygen atoms in total. The highest BCUT2D eigenvalue weighted by Gasteiger charge is 2.08. The van der Waals surface area contributed by atoms with Crippen molar-refractivity contribution in [3.05, 3.63) is 93.4 Å². The molecule has 0 heterocycles. The maximum Gasteiger partial charge on any atom is 0.343 e. The zero-order valence-corrected chi connectivity index (χ0v) is 15.4. The van der Waals surface area contributed by atoms with Crippen LogP contribution in [0.25, 0.3) is 0 Å². The highest BCUT2D eigenvalue weighted by molar-refractivity contribution is 9.10. The Labute approximate surface area is 159 Å². The van der Waals surface area contributed by atoms with E-state index in [4.69, 9.17) is 16.3 Å². The fraction of sp³-hybridized carbons (Fsp3) is 0. The summed E-state index contributed by atoms with van der Waals surface area (Å²) in [5.41, 5.74) is 2.21. The SMILES string of the molecule is O=C(Oc1ccc(Cl)cc1)c1ccc(N=Cc2ccc(Br)cc2)cc1. The maximum atomic E-state index is 12.1. The minimum atomic E-state index is -0.425. The molecule has 0 saturated heterocycles. The number of hydrogen-bond acceptors (Lipinski definition) is 3. The van der Waals surface area contributed by atoms with Gasteiger partial charge < -0.3 is 4.74 Å². The molecule has 0 aliphatic carbocycles. The molecule has 3 aromatic carbocycles. The molecular weight excluding hydrogens is 402 g/mol. The number of hydrogen-bond donors (Lipinski definition) is 0. The molecule has 124 valence electrons. The lowest BCUT2D eigenvalue weighted by Gasteiger charge is -2.04. The normalized spacial score (nSPS) is 10.8. The molecule has 0 saturated carbocycles. The minimum absolute atomic E-state index is 0.425. The molecule has 0 radical (unpaired) electrons. The standard InChI is InChI=1S/C20H13BrClNO2/c21-16-5-1-14(2-6-16)13-23-18-9-3-15(4-10-18)20(24)25-19-11-7-17(22)8-12-19/h1-13H. The Bertz CT molecular complexity index is 888. The van der Waals surface area contributed by atoms with Crippen molar-refractivity contribution in [3.63, 3.8) is 0 Å². The van der Waals surface area contributed by atoms with Crippen LogP contribution in [0, 0.1) is 0 Å². The summed E-state index contributed by atoms with van der Waals surface area (Å²) in [5.74, 6) is 0.0255. The van der Waals surface area contributed by atoms with Gasteiger partial charge in [0.15, 0.2) is 0 Å². The Morgan fingerprint density at radius 2 is 1.56 bits per heavy atom. The lowest BCUT2D eigenvalue weighted by atomic mass is 10.2. The van der Waals surface area contributed by atoms with E-state index in [1.807, 2.05) is 24.3 Å². The van der Waals surface area contributed by atoms with Crippen molar-refractivity contribution >= 4 is 45.4 Å². The monoisotopic (exact) mass is 413 g/mol. The summed E-state index contributed by atoms with van der Waals surface area (Å²) < 4.78 is 6.32. The number of rotatable bonds is 4. The van der Waals surface area contributed by atoms with E-state index < -0.39 is 5.97 Å². The summed E-state index contributed by atoms with van der Waals surface area (Å²) in [7, 11) is 0. The highest BCUT2D eigenvalue weighted by atomic mass is 79.9. The molecule has 0 spiro atoms. The lowest BCUT2D eigenvalue weighted by molar-refractivity contribution is 0.0735. The molecule has 3 aromatic rings. The van der Waals surface area contributed by atoms with Crippen molar-refractivity contribution < 1.29 is 9.53 Å². The molecular formula is C20H13BrClNO2. The molecule has 25 heavy (non-hydrogen) atoms. The smallest absolute Gasteiger partial charge is 0.343 e. The summed E-state index contributed by atoms with van der Waals surface area (Å²) in [6.07, 6.45) is 1.77. The second-order valence-electron chi connectivity index (χ2n) is 5.20. The van der Waals surface area contributed by atoms with Gasteiger partial charge in [-0.15, -0.1) is 0 Å². The van der Waals surface area contributed by atoms with Crippen molar-refractivity contribution in [3.8, 4) is 5.75 Å². The summed E-state index contributed by atoms with van der Waals surface area (Å²) in [4.78, 5) is 16.5. The number of nitrogens with zero attached hydrogens (tertiary/aromatic N) is 1. The van der Waals surface area contributed by atoms with Gasteiger partial charge in [-0.1, -0.05) is 39.7 Å². The predicted octanol–water partition coefficient (Wildman–Crippen LogP) is 6.07. The van der Waals surface area contributed by atoms with E-state index in [1.165, 1.54) is 0 Å². The zero-order valence-electron chi connectivity index (χ0n) is 13.0. The van der Waals surface area contributed by atoms with Crippen LogP contribution in [0.15, 0.2) is 82.3 Å². The molecule has 0 aromatic heterocycles. The first-order chi connectivity index (χ1) is 12.1. The number of esters is 1. The summed E-state index contributed by atoms with van der Waals surface area (Å²) >= 11 is 9.20. The summed E-state index contributed by atoms with van der Waals surface area (Å²) in [5, 5.41) is 0.591. The van der Waals surface area contributed by atoms with Crippen LogP contribution in [0.5, 0.6) is 5.75 Å². The molecule has 0 aliphatic rings. The van der Waals surface area contributed by atoms with Crippen LogP contribution in [0.4, 0.5) is 5.69 Å². The van der Waals surface area contributed by atoms with Crippen LogP contribution in [-0.2, 0) is 0 Å². The number of aliphatic imine (C=N–C) groups is 1. The van der Waals surface area contributed by atoms with Gasteiger partial charge >= 0.3 is 5.97 Å². The van der Waals surface area contributed by atoms with Gasteiger partial charge in [-0.05, 0) is 66.2 Å². The fourth-order valence-electron chi connectivity index (χ4n) is 2.05. The van der Waals surface area contributed by atoms with Crippen LogP contribution < -0.4 is 4.74 Å². The molecule has 5 heteroatoms. The second-order valence-corrected chi connectivity index (χ2v) is 6.55. The van der Waals surface area contributed by atoms with Crippen LogP contribution in [0.1, 0.15) is 15.9 Å². The zero-order chi connectivity index (χ0) is 17.6. The first-order valence-corrected chi connectivity index (χ1v) is 8.65. The largest absolute Gasteiger partial charge is 0.423 e. The number of carbonyl (C=O) groups is 1. The van der Waals surface area contributed by atoms with Crippen LogP contribution in [0.3, 0.4) is 0 Å². The molecule has 3 rings (SSSR count). The number of ether oxygens (including phenoxy) is 1. The second kappa shape index (κ2) is 8.10. The van der Waals surface area contributed by atoms with Gasteiger partial charge in [0.2, 0.25) is 0 Å². The number of benzene rings is 3. The third kappa shape index (κ3) is 5.02. The van der Waals surface area contributed by atoms with Gasteiger partial charge in [-0.25, -0.2) is 4.79 Å². The van der Waals surface area contributed by atoms with E-state index in [9.17, 15) is 4.79 Å². The van der Waals surface area contributed by atoms with Crippen LogP contribution in [-0.4, -0.2) is 12.2 Å². The Kier molecular flexibility index (Phi) is 5.64. The minimum Gasteiger partial charge on any atom is -0.423 e. The van der Waals surface area contributed by atoms with E-state index in [2.05, 4.69) is 20.9 Å². The van der Waals surface area contributed by atoms with E-state index >= 15 is 0 Å². The van der Waals surface area contributed by atoms with Crippen LogP contribution >= 0.6 is 27.5 Å². The summed E-state index contributed by atoms with van der Waals surface area (Å²) in [6.45, 7) is 0. The molecule has 0 aliphatic heterocycles. The lowest BCUT2D eigenvalue weighted by Crippen LogP contribution is -2.07. The van der Waals surface area contributed by atoms with E-state index in [-0.39, 0.29) is 0 Å². The topological polar surface area (TPSA) is 38.7 Å². The number of halogens is 2. The van der Waals surface area contributed by atoms with E-state index in [0.717, 1.165) is 15.7 Å². The average Bonchev–Trinajstić information content (AvgIpc) is 2.63. The van der Waals surface area contributed by atoms with Crippen molar-refractivity contribution in [1.29, 1.82) is 0 Å². The van der Waals surface area contributed by atoms with Gasteiger partial charge in [-0.2, -0.15) is 0 Å². The summed E-state index contributed by atoms with van der Waals surface area (Å²) in [6, 6.07) is 21.4. The molecule has 0 N–H and O–H groups in total. The van der Waals surface area contributed by atoms with Crippen molar-refractivity contribution in [2.45, 2.75) is 0 Å². The first-order valence-electron chi connectivity index (χ1n) is 7.47. The maximum absolute atomic E-state index is 12.1. The molecule has 0 bridgehead atoms. The Morgan fingerprint density at radius 1 is 0.920 bits per heavy atom. The molecule has 0 unspecified atom stereocenters. The first kappa shape index (κ1) is 17.4. The highest BCUT2D eigenvalue weighted by Crippen LogP contribution is 2.19. The fourth-order valence-corrected chi connectivity index (χ4v) is 2.44. The Hall–Kier alpha value is -2.43. The third-order valence-corrected chi connectivity index (χ3v) is 4.14. The van der Waals surface area contributed by atoms with Gasteiger partial charge in [0.25, 0.3) is 0 Å². The van der Waals surface area contributed by atoms with Crippen molar-refractivity contribution in [1.82, 2.24) is 0 Å². The molecule has 0 fully saturated rings. The van der Waals surface area contributed by atoms with Gasteiger partial charge in [0, 0.05) is 15.7 Å². The quantitative estimate of drug-likeness (QED) is 0.295. The molecule has 0 atom stereocenters. The third-order valence-electron chi connectivity index (χ3n) is 3.36. The number of carbonyl (C=O) groups excluding carboxylic acids is 1. The van der Waals surface area contributed by atoms with Gasteiger partial charge in [0.05, 0.1) is 11.3 Å². The van der Waals surface area contributed by atoms with E-state index in [1.54, 1.807) is 54.7 Å². The van der Waals surface area contributed by atoms with Crippen molar-refractivity contribution in [2.75, 3.05) is 0 Å². The molecule has 0 amide bonds. The van der Waals surface area contributed by atoms with E-state index in [0.29, 0.717) is 16.3 Å². The Morgan fingerprint density at radius 3 is 2.20 bits per heavy atom. The average molecular weight is 415 g/mol. The van der Waals surface area contributed by atoms with Gasteiger partial charge in [0.1, 0.15) is 5.75 Å². The van der Waals surface area contributed by atoms with Crippen LogP contribution in [0.2, 0.25) is 5.02 Å². The van der Waals surface area contributed by atoms with Crippen molar-refractivity contribution in [2.24, 2.45) is 4.99 Å². The Balaban J connectivity index is 1.66.